The van der Waals surface area contributed by atoms with Gasteiger partial charge >= 0.3 is 5.97 Å². The van der Waals surface area contributed by atoms with E-state index in [4.69, 9.17) is 17.3 Å². The van der Waals surface area contributed by atoms with Crippen molar-refractivity contribution in [2.75, 3.05) is 5.75 Å². The van der Waals surface area contributed by atoms with Crippen LogP contribution in [0.3, 0.4) is 0 Å². The van der Waals surface area contributed by atoms with Crippen molar-refractivity contribution in [1.82, 2.24) is 4.90 Å². The highest BCUT2D eigenvalue weighted by Gasteiger charge is 2.43. The van der Waals surface area contributed by atoms with Crippen molar-refractivity contribution in [3.63, 3.8) is 0 Å². The Kier molecular flexibility index (Phi) is 2.87. The Morgan fingerprint density at radius 2 is 2.23 bits per heavy atom. The summed E-state index contributed by atoms with van der Waals surface area (Å²) < 4.78 is 0. The Labute approximate surface area is 87.5 Å². The molecule has 5 heteroatoms. The van der Waals surface area contributed by atoms with Crippen LogP contribution in [0.15, 0.2) is 0 Å². The van der Waals surface area contributed by atoms with Crippen molar-refractivity contribution in [1.29, 1.82) is 0 Å². The molecule has 1 saturated heterocycles. The second-order valence-electron chi connectivity index (χ2n) is 3.50. The van der Waals surface area contributed by atoms with Crippen molar-refractivity contribution >= 4 is 34.9 Å². The fourth-order valence-corrected chi connectivity index (χ4v) is 3.26. The lowest BCUT2D eigenvalue weighted by Gasteiger charge is -2.34. The summed E-state index contributed by atoms with van der Waals surface area (Å²) in [4.78, 5) is 13.2. The molecule has 1 atom stereocenters. The van der Waals surface area contributed by atoms with E-state index >= 15 is 0 Å². The van der Waals surface area contributed by atoms with Gasteiger partial charge in [-0.2, -0.15) is 0 Å². The molecule has 1 aliphatic heterocycles. The van der Waals surface area contributed by atoms with Gasteiger partial charge in [-0.15, -0.1) is 11.8 Å². The van der Waals surface area contributed by atoms with Gasteiger partial charge in [0, 0.05) is 5.75 Å². The zero-order chi connectivity index (χ0) is 10.2. The highest BCUT2D eigenvalue weighted by molar-refractivity contribution is 8.01. The van der Waals surface area contributed by atoms with E-state index in [0.29, 0.717) is 10.7 Å². The van der Waals surface area contributed by atoms with Crippen molar-refractivity contribution in [2.45, 2.75) is 31.7 Å². The average molecular weight is 219 g/mol. The molecule has 0 saturated carbocycles. The van der Waals surface area contributed by atoms with E-state index < -0.39 is 12.0 Å². The molecule has 1 N–H and O–H groups in total. The number of hydrogen-bond acceptors (Lipinski definition) is 3. The monoisotopic (exact) mass is 219 g/mol. The maximum atomic E-state index is 10.9. The van der Waals surface area contributed by atoms with Crippen LogP contribution < -0.4 is 0 Å². The second kappa shape index (κ2) is 3.46. The van der Waals surface area contributed by atoms with Crippen LogP contribution in [-0.4, -0.2) is 37.6 Å². The maximum Gasteiger partial charge on any atom is 0.327 e. The van der Waals surface area contributed by atoms with Crippen LogP contribution in [0.4, 0.5) is 0 Å². The standard InChI is InChI=1S/C8H13NO2S2/c1-5(12)9-6(7(10)11)4-13-8(9,2)3/h6H,4H2,1-3H3,(H,10,11)/t6-/m0/s1. The highest BCUT2D eigenvalue weighted by Crippen LogP contribution is 2.39. The Morgan fingerprint density at radius 1 is 1.69 bits per heavy atom. The number of carbonyl (C=O) groups is 1. The molecule has 3 nitrogen and oxygen atoms in total. The van der Waals surface area contributed by atoms with Gasteiger partial charge in [-0.05, 0) is 20.8 Å². The maximum absolute atomic E-state index is 10.9. The molecule has 0 unspecified atom stereocenters. The minimum Gasteiger partial charge on any atom is -0.480 e. The minimum absolute atomic E-state index is 0.186. The van der Waals surface area contributed by atoms with Crippen LogP contribution in [0.2, 0.25) is 0 Å². The Balaban J connectivity index is 2.92. The third-order valence-electron chi connectivity index (χ3n) is 2.11. The molecule has 13 heavy (non-hydrogen) atoms. The fraction of sp³-hybridized carbons (Fsp3) is 0.750. The fourth-order valence-electron chi connectivity index (χ4n) is 1.58. The molecule has 0 bridgehead atoms. The number of aliphatic carboxylic acids is 1. The molecular formula is C8H13NO2S2. The molecule has 1 fully saturated rings. The number of carboxylic acids is 1. The minimum atomic E-state index is -0.790. The smallest absolute Gasteiger partial charge is 0.327 e. The van der Waals surface area contributed by atoms with Gasteiger partial charge in [-0.3, -0.25) is 0 Å². The van der Waals surface area contributed by atoms with Crippen LogP contribution >= 0.6 is 24.0 Å². The van der Waals surface area contributed by atoms with E-state index in [1.54, 1.807) is 23.6 Å². The Bertz CT molecular complexity index is 253. The Morgan fingerprint density at radius 3 is 2.54 bits per heavy atom. The number of hydrogen-bond donors (Lipinski definition) is 1. The summed E-state index contributed by atoms with van der Waals surface area (Å²) in [5.41, 5.74) is 0. The van der Waals surface area contributed by atoms with Crippen LogP contribution in [0, 0.1) is 0 Å². The number of thioether (sulfide) groups is 1. The van der Waals surface area contributed by atoms with Crippen molar-refractivity contribution in [3.8, 4) is 0 Å². The first kappa shape index (κ1) is 10.8. The van der Waals surface area contributed by atoms with Crippen molar-refractivity contribution in [2.24, 2.45) is 0 Å². The molecule has 0 amide bonds. The van der Waals surface area contributed by atoms with Crippen molar-refractivity contribution in [3.05, 3.63) is 0 Å². The molecule has 1 heterocycles. The molecule has 0 aliphatic carbocycles. The topological polar surface area (TPSA) is 40.5 Å². The van der Waals surface area contributed by atoms with Gasteiger partial charge in [0.1, 0.15) is 6.04 Å². The third kappa shape index (κ3) is 1.96. The van der Waals surface area contributed by atoms with E-state index in [9.17, 15) is 4.79 Å². The van der Waals surface area contributed by atoms with E-state index in [1.165, 1.54) is 0 Å². The van der Waals surface area contributed by atoms with E-state index in [-0.39, 0.29) is 4.87 Å². The van der Waals surface area contributed by atoms with Crippen LogP contribution in [-0.2, 0) is 4.79 Å². The lowest BCUT2D eigenvalue weighted by molar-refractivity contribution is -0.141. The number of nitrogens with zero attached hydrogens (tertiary/aromatic N) is 1. The molecule has 0 aromatic rings. The molecular weight excluding hydrogens is 206 g/mol. The number of thiocarbonyl (C=S) groups is 1. The van der Waals surface area contributed by atoms with Crippen LogP contribution in [0.5, 0.6) is 0 Å². The zero-order valence-electron chi connectivity index (χ0n) is 7.90. The predicted octanol–water partition coefficient (Wildman–Crippen LogP) is 1.57. The van der Waals surface area contributed by atoms with E-state index in [0.717, 1.165) is 0 Å². The molecule has 74 valence electrons. The molecule has 0 aromatic carbocycles. The molecule has 1 rings (SSSR count). The van der Waals surface area contributed by atoms with Gasteiger partial charge in [0.05, 0.1) is 9.86 Å². The summed E-state index contributed by atoms with van der Waals surface area (Å²) >= 11 is 6.68. The summed E-state index contributed by atoms with van der Waals surface area (Å²) in [5, 5.41) is 8.95. The van der Waals surface area contributed by atoms with E-state index in [1.807, 2.05) is 13.8 Å². The van der Waals surface area contributed by atoms with Gasteiger partial charge in [0.2, 0.25) is 0 Å². The molecule has 1 aliphatic rings. The summed E-state index contributed by atoms with van der Waals surface area (Å²) in [7, 11) is 0. The second-order valence-corrected chi connectivity index (χ2v) is 5.71. The molecule has 0 aromatic heterocycles. The molecule has 0 spiro atoms. The van der Waals surface area contributed by atoms with Gasteiger partial charge < -0.3 is 10.0 Å². The summed E-state index contributed by atoms with van der Waals surface area (Å²) in [5.74, 6) is -0.182. The first-order valence-corrected chi connectivity index (χ1v) is 5.42. The largest absolute Gasteiger partial charge is 0.480 e. The summed E-state index contributed by atoms with van der Waals surface area (Å²) in [6.07, 6.45) is 0. The van der Waals surface area contributed by atoms with Gasteiger partial charge in [0.15, 0.2) is 0 Å². The lowest BCUT2D eigenvalue weighted by atomic mass is 10.2. The number of carboxylic acid groups (broad SMARTS) is 1. The summed E-state index contributed by atoms with van der Waals surface area (Å²) in [6.45, 7) is 5.77. The average Bonchev–Trinajstić information content (AvgIpc) is 2.24. The van der Waals surface area contributed by atoms with Crippen molar-refractivity contribution < 1.29 is 9.90 Å². The van der Waals surface area contributed by atoms with Gasteiger partial charge in [0.25, 0.3) is 0 Å². The van der Waals surface area contributed by atoms with Gasteiger partial charge in [-0.1, -0.05) is 12.2 Å². The number of rotatable bonds is 1. The zero-order valence-corrected chi connectivity index (χ0v) is 9.54. The van der Waals surface area contributed by atoms with E-state index in [2.05, 4.69) is 0 Å². The Hall–Kier alpha value is -0.290. The third-order valence-corrected chi connectivity index (χ3v) is 3.69. The SMILES string of the molecule is CC(=S)N1[C@H](C(=O)O)CSC1(C)C. The highest BCUT2D eigenvalue weighted by atomic mass is 32.2. The molecule has 0 radical (unpaired) electrons. The lowest BCUT2D eigenvalue weighted by Crippen LogP contribution is -2.48. The summed E-state index contributed by atoms with van der Waals surface area (Å²) in [6, 6.07) is -0.461. The first-order valence-electron chi connectivity index (χ1n) is 4.03. The normalized spacial score (nSPS) is 26.1. The van der Waals surface area contributed by atoms with Gasteiger partial charge in [-0.25, -0.2) is 4.79 Å². The van der Waals surface area contributed by atoms with Crippen LogP contribution in [0.1, 0.15) is 20.8 Å². The predicted molar refractivity (Wildman–Crippen MR) is 58.1 cm³/mol. The van der Waals surface area contributed by atoms with Crippen LogP contribution in [0.25, 0.3) is 0 Å². The first-order chi connectivity index (χ1) is 5.86. The quantitative estimate of drug-likeness (QED) is 0.678.